The molecule has 0 aliphatic carbocycles. The Kier molecular flexibility index (Phi) is 4.37. The van der Waals surface area contributed by atoms with Crippen molar-refractivity contribution < 1.29 is 14.0 Å². The van der Waals surface area contributed by atoms with Gasteiger partial charge in [-0.3, -0.25) is 9.59 Å². The van der Waals surface area contributed by atoms with Crippen molar-refractivity contribution in [1.82, 2.24) is 5.32 Å². The molecule has 1 N–H and O–H groups in total. The topological polar surface area (TPSA) is 49.4 Å². The number of anilines is 1. The highest BCUT2D eigenvalue weighted by atomic mass is 79.9. The summed E-state index contributed by atoms with van der Waals surface area (Å²) in [5.74, 6) is -0.856. The van der Waals surface area contributed by atoms with Gasteiger partial charge in [-0.2, -0.15) is 0 Å². The Balaban J connectivity index is 2.50. The average molecular weight is 357 g/mol. The molecular weight excluding hydrogens is 339 g/mol. The molecule has 0 atom stereocenters. The number of aryl methyl sites for hydroxylation is 1. The first kappa shape index (κ1) is 15.9. The zero-order chi connectivity index (χ0) is 15.8. The molecule has 1 fully saturated rings. The van der Waals surface area contributed by atoms with Crippen molar-refractivity contribution in [3.8, 4) is 0 Å². The minimum absolute atomic E-state index is 0.0809. The van der Waals surface area contributed by atoms with E-state index in [4.69, 9.17) is 0 Å². The first-order chi connectivity index (χ1) is 9.84. The quantitative estimate of drug-likeness (QED) is 0.904. The average Bonchev–Trinajstić information content (AvgIpc) is 2.45. The van der Waals surface area contributed by atoms with E-state index < -0.39 is 11.4 Å². The summed E-state index contributed by atoms with van der Waals surface area (Å²) in [7, 11) is 0. The van der Waals surface area contributed by atoms with Crippen molar-refractivity contribution in [1.29, 1.82) is 0 Å². The lowest BCUT2D eigenvalue weighted by Crippen LogP contribution is -2.66. The van der Waals surface area contributed by atoms with Crippen LogP contribution in [0.25, 0.3) is 0 Å². The second-order valence-corrected chi connectivity index (χ2v) is 6.14. The second kappa shape index (κ2) is 5.75. The molecule has 1 aliphatic heterocycles. The molecule has 2 amide bonds. The van der Waals surface area contributed by atoms with Gasteiger partial charge in [-0.15, -0.1) is 0 Å². The van der Waals surface area contributed by atoms with Gasteiger partial charge in [0.1, 0.15) is 17.9 Å². The molecule has 6 heteroatoms. The number of nitrogens with zero attached hydrogens (tertiary/aromatic N) is 1. The van der Waals surface area contributed by atoms with Gasteiger partial charge in [0.2, 0.25) is 5.91 Å². The molecule has 2 rings (SSSR count). The van der Waals surface area contributed by atoms with Crippen LogP contribution in [-0.4, -0.2) is 23.9 Å². The van der Waals surface area contributed by atoms with E-state index in [0.717, 1.165) is 5.56 Å². The molecule has 0 aromatic heterocycles. The zero-order valence-corrected chi connectivity index (χ0v) is 13.9. The Morgan fingerprint density at radius 2 is 1.95 bits per heavy atom. The van der Waals surface area contributed by atoms with Crippen LogP contribution < -0.4 is 10.2 Å². The van der Waals surface area contributed by atoms with Crippen LogP contribution in [0.2, 0.25) is 0 Å². The second-order valence-electron chi connectivity index (χ2n) is 5.28. The van der Waals surface area contributed by atoms with Crippen molar-refractivity contribution in [3.63, 3.8) is 0 Å². The molecule has 0 unspecified atom stereocenters. The Labute approximate surface area is 131 Å². The van der Waals surface area contributed by atoms with E-state index >= 15 is 0 Å². The van der Waals surface area contributed by atoms with Crippen LogP contribution in [0.1, 0.15) is 32.3 Å². The molecule has 21 heavy (non-hydrogen) atoms. The number of benzene rings is 1. The Hall–Kier alpha value is -1.43. The number of hydrogen-bond donors (Lipinski definition) is 1. The van der Waals surface area contributed by atoms with E-state index in [0.29, 0.717) is 23.0 Å². The van der Waals surface area contributed by atoms with Crippen LogP contribution in [0.5, 0.6) is 0 Å². The number of nitrogens with one attached hydrogen (secondary N) is 1. The Morgan fingerprint density at radius 3 is 2.52 bits per heavy atom. The van der Waals surface area contributed by atoms with Crippen LogP contribution in [0.15, 0.2) is 16.6 Å². The third-order valence-electron chi connectivity index (χ3n) is 4.07. The summed E-state index contributed by atoms with van der Waals surface area (Å²) in [6, 6.07) is 2.91. The Bertz CT molecular complexity index is 600. The van der Waals surface area contributed by atoms with E-state index in [1.54, 1.807) is 13.0 Å². The lowest BCUT2D eigenvalue weighted by atomic mass is 9.88. The number of rotatable bonds is 3. The number of piperazine rings is 1. The highest BCUT2D eigenvalue weighted by molar-refractivity contribution is 9.10. The first-order valence-electron chi connectivity index (χ1n) is 6.93. The van der Waals surface area contributed by atoms with Crippen LogP contribution in [0.3, 0.4) is 0 Å². The summed E-state index contributed by atoms with van der Waals surface area (Å²) in [5.41, 5.74) is 0.292. The largest absolute Gasteiger partial charge is 0.340 e. The fourth-order valence-corrected chi connectivity index (χ4v) is 3.14. The molecule has 1 saturated heterocycles. The van der Waals surface area contributed by atoms with Gasteiger partial charge in [0.15, 0.2) is 0 Å². The van der Waals surface area contributed by atoms with Crippen LogP contribution in [-0.2, 0) is 9.59 Å². The highest BCUT2D eigenvalue weighted by Gasteiger charge is 2.44. The number of halogens is 2. The summed E-state index contributed by atoms with van der Waals surface area (Å²) in [6.07, 6.45) is 1.01. The lowest BCUT2D eigenvalue weighted by molar-refractivity contribution is -0.136. The predicted molar refractivity (Wildman–Crippen MR) is 82.6 cm³/mol. The summed E-state index contributed by atoms with van der Waals surface area (Å²) in [6.45, 7) is 5.43. The molecule has 1 heterocycles. The van der Waals surface area contributed by atoms with Crippen LogP contribution in [0, 0.1) is 12.7 Å². The van der Waals surface area contributed by atoms with Gasteiger partial charge in [0.05, 0.1) is 10.2 Å². The molecule has 1 aromatic rings. The van der Waals surface area contributed by atoms with Crippen molar-refractivity contribution >= 4 is 33.4 Å². The van der Waals surface area contributed by atoms with Crippen molar-refractivity contribution in [2.24, 2.45) is 0 Å². The maximum absolute atomic E-state index is 13.8. The third kappa shape index (κ3) is 2.69. The molecule has 0 bridgehead atoms. The molecule has 4 nitrogen and oxygen atoms in total. The first-order valence-corrected chi connectivity index (χ1v) is 7.72. The van der Waals surface area contributed by atoms with Gasteiger partial charge in [-0.25, -0.2) is 4.39 Å². The lowest BCUT2D eigenvalue weighted by Gasteiger charge is -2.41. The molecular formula is C15H18BrFN2O2. The zero-order valence-electron chi connectivity index (χ0n) is 12.3. The molecule has 0 saturated carbocycles. The van der Waals surface area contributed by atoms with E-state index in [2.05, 4.69) is 21.2 Å². The summed E-state index contributed by atoms with van der Waals surface area (Å²) < 4.78 is 14.2. The van der Waals surface area contributed by atoms with Gasteiger partial charge in [0.25, 0.3) is 5.91 Å². The summed E-state index contributed by atoms with van der Waals surface area (Å²) in [4.78, 5) is 26.1. The fraction of sp³-hybridized carbons (Fsp3) is 0.467. The fourth-order valence-electron chi connectivity index (χ4n) is 2.68. The van der Waals surface area contributed by atoms with Crippen molar-refractivity contribution in [2.45, 2.75) is 39.2 Å². The standard InChI is InChI=1S/C15H18BrFN2O2/c1-4-15(5-2)14(21)19(8-13(20)18-15)12-7-11(17)10(16)6-9(12)3/h6-7H,4-5,8H2,1-3H3,(H,18,20). The molecule has 1 aromatic carbocycles. The van der Waals surface area contributed by atoms with Crippen molar-refractivity contribution in [2.75, 3.05) is 11.4 Å². The van der Waals surface area contributed by atoms with Crippen LogP contribution >= 0.6 is 15.9 Å². The van der Waals surface area contributed by atoms with Crippen molar-refractivity contribution in [3.05, 3.63) is 28.0 Å². The van der Waals surface area contributed by atoms with Gasteiger partial charge < -0.3 is 10.2 Å². The SMILES string of the molecule is CCC1(CC)NC(=O)CN(c2cc(F)c(Br)cc2C)C1=O. The third-order valence-corrected chi connectivity index (χ3v) is 4.68. The summed E-state index contributed by atoms with van der Waals surface area (Å²) in [5, 5.41) is 2.79. The predicted octanol–water partition coefficient (Wildman–Crippen LogP) is 2.92. The molecule has 0 radical (unpaired) electrons. The van der Waals surface area contributed by atoms with Gasteiger partial charge in [0, 0.05) is 0 Å². The number of carbonyl (C=O) groups is 2. The van der Waals surface area contributed by atoms with Gasteiger partial charge in [-0.05, 0) is 53.4 Å². The monoisotopic (exact) mass is 356 g/mol. The molecule has 1 aliphatic rings. The maximum Gasteiger partial charge on any atom is 0.253 e. The minimum atomic E-state index is -0.897. The van der Waals surface area contributed by atoms with E-state index in [9.17, 15) is 14.0 Å². The van der Waals surface area contributed by atoms with Crippen LogP contribution in [0.4, 0.5) is 10.1 Å². The number of amides is 2. The Morgan fingerprint density at radius 1 is 1.33 bits per heavy atom. The number of carbonyl (C=O) groups excluding carboxylic acids is 2. The summed E-state index contributed by atoms with van der Waals surface area (Å²) >= 11 is 3.12. The molecule has 0 spiro atoms. The van der Waals surface area contributed by atoms with E-state index in [-0.39, 0.29) is 18.4 Å². The number of hydrogen-bond acceptors (Lipinski definition) is 2. The van der Waals surface area contributed by atoms with E-state index in [1.165, 1.54) is 11.0 Å². The minimum Gasteiger partial charge on any atom is -0.340 e. The smallest absolute Gasteiger partial charge is 0.253 e. The van der Waals surface area contributed by atoms with E-state index in [1.807, 2.05) is 13.8 Å². The van der Waals surface area contributed by atoms with Gasteiger partial charge in [-0.1, -0.05) is 13.8 Å². The molecule has 114 valence electrons. The normalized spacial score (nSPS) is 17.9. The highest BCUT2D eigenvalue weighted by Crippen LogP contribution is 2.31. The van der Waals surface area contributed by atoms with Gasteiger partial charge >= 0.3 is 0 Å². The maximum atomic E-state index is 13.8.